The van der Waals surface area contributed by atoms with E-state index >= 15 is 0 Å². The molecular formula is C16H16ClN3. The molecule has 0 amide bonds. The first-order valence-electron chi connectivity index (χ1n) is 6.64. The highest BCUT2D eigenvalue weighted by atomic mass is 35.5. The molecule has 0 bridgehead atoms. The van der Waals surface area contributed by atoms with Crippen molar-refractivity contribution < 1.29 is 0 Å². The van der Waals surface area contributed by atoms with Crippen LogP contribution in [0.3, 0.4) is 0 Å². The molecular weight excluding hydrogens is 270 g/mol. The molecule has 102 valence electrons. The molecule has 0 saturated heterocycles. The van der Waals surface area contributed by atoms with Crippen LogP contribution in [-0.4, -0.2) is 9.38 Å². The fourth-order valence-electron chi connectivity index (χ4n) is 2.27. The van der Waals surface area contributed by atoms with Crippen molar-refractivity contribution in [3.05, 3.63) is 71.1 Å². The summed E-state index contributed by atoms with van der Waals surface area (Å²) in [6.45, 7) is 2.90. The Bertz CT molecular complexity index is 720. The zero-order valence-corrected chi connectivity index (χ0v) is 12.0. The van der Waals surface area contributed by atoms with Crippen molar-refractivity contribution in [3.63, 3.8) is 0 Å². The zero-order valence-electron chi connectivity index (χ0n) is 11.3. The van der Waals surface area contributed by atoms with Crippen LogP contribution in [0.4, 0.5) is 0 Å². The molecule has 0 fully saturated rings. The maximum absolute atomic E-state index is 6.02. The molecule has 1 aromatic carbocycles. The van der Waals surface area contributed by atoms with E-state index in [4.69, 9.17) is 11.6 Å². The molecule has 1 N–H and O–H groups in total. The van der Waals surface area contributed by atoms with Gasteiger partial charge in [0.2, 0.25) is 0 Å². The van der Waals surface area contributed by atoms with E-state index in [0.717, 1.165) is 22.9 Å². The quantitative estimate of drug-likeness (QED) is 0.789. The van der Waals surface area contributed by atoms with Crippen molar-refractivity contribution in [1.29, 1.82) is 0 Å². The molecule has 0 aliphatic heterocycles. The van der Waals surface area contributed by atoms with Gasteiger partial charge in [0, 0.05) is 23.8 Å². The van der Waals surface area contributed by atoms with Gasteiger partial charge in [0.1, 0.15) is 5.65 Å². The summed E-state index contributed by atoms with van der Waals surface area (Å²) in [5.41, 5.74) is 3.31. The molecule has 3 aromatic rings. The van der Waals surface area contributed by atoms with E-state index in [2.05, 4.69) is 27.7 Å². The fraction of sp³-hybridized carbons (Fsp3) is 0.188. The minimum Gasteiger partial charge on any atom is -0.305 e. The van der Waals surface area contributed by atoms with E-state index in [-0.39, 0.29) is 6.04 Å². The molecule has 0 saturated carbocycles. The Labute approximate surface area is 123 Å². The predicted octanol–water partition coefficient (Wildman–Crippen LogP) is 3.84. The van der Waals surface area contributed by atoms with Gasteiger partial charge in [-0.1, -0.05) is 29.8 Å². The molecule has 20 heavy (non-hydrogen) atoms. The van der Waals surface area contributed by atoms with E-state index < -0.39 is 0 Å². The largest absolute Gasteiger partial charge is 0.305 e. The summed E-state index contributed by atoms with van der Waals surface area (Å²) < 4.78 is 2.09. The average molecular weight is 286 g/mol. The maximum Gasteiger partial charge on any atom is 0.136 e. The Kier molecular flexibility index (Phi) is 3.72. The van der Waals surface area contributed by atoms with Crippen LogP contribution in [0.25, 0.3) is 5.65 Å². The Morgan fingerprint density at radius 3 is 3.00 bits per heavy atom. The zero-order chi connectivity index (χ0) is 13.9. The minimum atomic E-state index is 0.239. The normalized spacial score (nSPS) is 12.7. The first-order chi connectivity index (χ1) is 9.74. The molecule has 0 unspecified atom stereocenters. The van der Waals surface area contributed by atoms with Crippen LogP contribution < -0.4 is 5.32 Å². The highest BCUT2D eigenvalue weighted by molar-refractivity contribution is 6.30. The average Bonchev–Trinajstić information content (AvgIpc) is 2.88. The number of hydrogen-bond donors (Lipinski definition) is 1. The summed E-state index contributed by atoms with van der Waals surface area (Å²) in [5, 5.41) is 4.27. The third kappa shape index (κ3) is 2.69. The second kappa shape index (κ2) is 5.65. The molecule has 0 radical (unpaired) electrons. The van der Waals surface area contributed by atoms with Crippen LogP contribution in [-0.2, 0) is 6.54 Å². The van der Waals surface area contributed by atoms with Gasteiger partial charge in [-0.25, -0.2) is 4.98 Å². The van der Waals surface area contributed by atoms with Gasteiger partial charge in [0.05, 0.1) is 11.9 Å². The first-order valence-corrected chi connectivity index (χ1v) is 7.01. The lowest BCUT2D eigenvalue weighted by Gasteiger charge is -2.14. The summed E-state index contributed by atoms with van der Waals surface area (Å²) >= 11 is 6.02. The van der Waals surface area contributed by atoms with E-state index in [1.807, 2.05) is 48.8 Å². The number of pyridine rings is 1. The molecule has 2 aromatic heterocycles. The third-order valence-corrected chi connectivity index (χ3v) is 3.67. The van der Waals surface area contributed by atoms with Crippen LogP contribution in [0.2, 0.25) is 5.02 Å². The molecule has 4 heteroatoms. The molecule has 3 rings (SSSR count). The number of nitrogens with one attached hydrogen (secondary N) is 1. The van der Waals surface area contributed by atoms with Gasteiger partial charge < -0.3 is 9.72 Å². The Morgan fingerprint density at radius 2 is 2.15 bits per heavy atom. The second-order valence-electron chi connectivity index (χ2n) is 4.84. The number of nitrogens with zero attached hydrogens (tertiary/aromatic N) is 2. The van der Waals surface area contributed by atoms with E-state index in [9.17, 15) is 0 Å². The van der Waals surface area contributed by atoms with Crippen molar-refractivity contribution >= 4 is 17.2 Å². The summed E-state index contributed by atoms with van der Waals surface area (Å²) in [4.78, 5) is 4.39. The highest BCUT2D eigenvalue weighted by Crippen LogP contribution is 2.18. The van der Waals surface area contributed by atoms with Crippen LogP contribution in [0, 0.1) is 0 Å². The van der Waals surface area contributed by atoms with Crippen molar-refractivity contribution in [2.45, 2.75) is 19.5 Å². The summed E-state index contributed by atoms with van der Waals surface area (Å²) in [7, 11) is 0. The smallest absolute Gasteiger partial charge is 0.136 e. The molecule has 0 aliphatic rings. The van der Waals surface area contributed by atoms with Crippen molar-refractivity contribution in [2.24, 2.45) is 0 Å². The maximum atomic E-state index is 6.02. The van der Waals surface area contributed by atoms with Crippen molar-refractivity contribution in [2.75, 3.05) is 0 Å². The van der Waals surface area contributed by atoms with Gasteiger partial charge in [-0.05, 0) is 36.8 Å². The van der Waals surface area contributed by atoms with Crippen molar-refractivity contribution in [1.82, 2.24) is 14.7 Å². The van der Waals surface area contributed by atoms with Crippen LogP contribution in [0.1, 0.15) is 24.2 Å². The standard InChI is InChI=1S/C16H16ClN3/c1-12(13-5-4-6-14(17)9-13)18-10-15-11-19-16-7-2-3-8-20(15)16/h2-9,11-12,18H,10H2,1H3/t12-/m1/s1. The summed E-state index contributed by atoms with van der Waals surface area (Å²) in [6, 6.07) is 14.2. The summed E-state index contributed by atoms with van der Waals surface area (Å²) in [6.07, 6.45) is 3.94. The first kappa shape index (κ1) is 13.2. The number of imidazole rings is 1. The van der Waals surface area contributed by atoms with Gasteiger partial charge in [-0.15, -0.1) is 0 Å². The SMILES string of the molecule is C[C@@H](NCc1cnc2ccccn12)c1cccc(Cl)c1. The molecule has 0 spiro atoms. The Balaban J connectivity index is 1.73. The van der Waals surface area contributed by atoms with Crippen LogP contribution in [0.5, 0.6) is 0 Å². The highest BCUT2D eigenvalue weighted by Gasteiger charge is 2.07. The van der Waals surface area contributed by atoms with E-state index in [1.54, 1.807) is 0 Å². The number of benzene rings is 1. The van der Waals surface area contributed by atoms with Crippen LogP contribution >= 0.6 is 11.6 Å². The minimum absolute atomic E-state index is 0.239. The van der Waals surface area contributed by atoms with Gasteiger partial charge in [-0.2, -0.15) is 0 Å². The van der Waals surface area contributed by atoms with E-state index in [0.29, 0.717) is 0 Å². The number of hydrogen-bond acceptors (Lipinski definition) is 2. The van der Waals surface area contributed by atoms with Gasteiger partial charge in [0.15, 0.2) is 0 Å². The topological polar surface area (TPSA) is 29.3 Å². The van der Waals surface area contributed by atoms with Gasteiger partial charge >= 0.3 is 0 Å². The number of fused-ring (bicyclic) bond motifs is 1. The lowest BCUT2D eigenvalue weighted by Crippen LogP contribution is -2.18. The Hall–Kier alpha value is -1.84. The summed E-state index contributed by atoms with van der Waals surface area (Å²) in [5.74, 6) is 0. The lowest BCUT2D eigenvalue weighted by molar-refractivity contribution is 0.566. The van der Waals surface area contributed by atoms with Crippen LogP contribution in [0.15, 0.2) is 54.9 Å². The second-order valence-corrected chi connectivity index (χ2v) is 5.27. The molecule has 0 aliphatic carbocycles. The number of rotatable bonds is 4. The fourth-order valence-corrected chi connectivity index (χ4v) is 2.47. The molecule has 2 heterocycles. The van der Waals surface area contributed by atoms with Crippen molar-refractivity contribution in [3.8, 4) is 0 Å². The number of halogens is 1. The van der Waals surface area contributed by atoms with Gasteiger partial charge in [-0.3, -0.25) is 0 Å². The molecule has 1 atom stereocenters. The monoisotopic (exact) mass is 285 g/mol. The predicted molar refractivity (Wildman–Crippen MR) is 81.9 cm³/mol. The molecule has 3 nitrogen and oxygen atoms in total. The van der Waals surface area contributed by atoms with E-state index in [1.165, 1.54) is 5.56 Å². The van der Waals surface area contributed by atoms with Gasteiger partial charge in [0.25, 0.3) is 0 Å². The third-order valence-electron chi connectivity index (χ3n) is 3.43. The number of aromatic nitrogens is 2. The Morgan fingerprint density at radius 1 is 1.25 bits per heavy atom. The lowest BCUT2D eigenvalue weighted by atomic mass is 10.1.